The molecule has 0 radical (unpaired) electrons. The van der Waals surface area contributed by atoms with Crippen LogP contribution in [0.3, 0.4) is 0 Å². The number of aryl methyl sites for hydroxylation is 1. The summed E-state index contributed by atoms with van der Waals surface area (Å²) < 4.78 is 20.9. The van der Waals surface area contributed by atoms with E-state index >= 15 is 4.39 Å². The number of piperidine rings is 1. The first kappa shape index (κ1) is 22.3. The van der Waals surface area contributed by atoms with E-state index in [0.29, 0.717) is 27.7 Å². The van der Waals surface area contributed by atoms with Crippen molar-refractivity contribution in [2.45, 2.75) is 38.7 Å². The topological polar surface area (TPSA) is 105 Å². The van der Waals surface area contributed by atoms with Gasteiger partial charge in [0.15, 0.2) is 5.82 Å². The predicted molar refractivity (Wildman–Crippen MR) is 132 cm³/mol. The number of aromatic nitrogens is 2. The summed E-state index contributed by atoms with van der Waals surface area (Å²) in [5.41, 5.74) is 10.2. The lowest BCUT2D eigenvalue weighted by Crippen LogP contribution is -2.36. The summed E-state index contributed by atoms with van der Waals surface area (Å²) in [4.78, 5) is 23.4. The maximum absolute atomic E-state index is 15.3. The minimum absolute atomic E-state index is 0.0190. The number of hydrogen-bond acceptors (Lipinski definition) is 7. The standard InChI is InChI=1S/C25H29FN6O2/c1-14-18(12-29-20-4-3-7-28-24(14)20)17-10-15-11-21(30-13-19(15)23(27)22(17)26)31-25(33)34-16-5-8-32(2)9-6-16/h10-13,16,28H,3-9,27H2,1-2H3,(H,30,31,33). The van der Waals surface area contributed by atoms with Crippen LogP contribution >= 0.6 is 0 Å². The molecule has 34 heavy (non-hydrogen) atoms. The van der Waals surface area contributed by atoms with Crippen LogP contribution < -0.4 is 16.4 Å². The highest BCUT2D eigenvalue weighted by atomic mass is 19.1. The summed E-state index contributed by atoms with van der Waals surface area (Å²) in [5.74, 6) is -0.179. The van der Waals surface area contributed by atoms with Crippen molar-refractivity contribution < 1.29 is 13.9 Å². The van der Waals surface area contributed by atoms with Crippen LogP contribution in [0.5, 0.6) is 0 Å². The predicted octanol–water partition coefficient (Wildman–Crippen LogP) is 4.33. The highest BCUT2D eigenvalue weighted by Gasteiger charge is 2.22. The Balaban J connectivity index is 1.44. The zero-order valence-electron chi connectivity index (χ0n) is 19.4. The van der Waals surface area contributed by atoms with Gasteiger partial charge in [0.2, 0.25) is 0 Å². The van der Waals surface area contributed by atoms with E-state index in [1.165, 1.54) is 6.20 Å². The minimum Gasteiger partial charge on any atom is -0.446 e. The largest absolute Gasteiger partial charge is 0.446 e. The fourth-order valence-electron chi connectivity index (χ4n) is 4.77. The zero-order chi connectivity index (χ0) is 23.8. The van der Waals surface area contributed by atoms with E-state index in [4.69, 9.17) is 10.5 Å². The van der Waals surface area contributed by atoms with Crippen LogP contribution in [0.15, 0.2) is 24.5 Å². The smallest absolute Gasteiger partial charge is 0.413 e. The summed E-state index contributed by atoms with van der Waals surface area (Å²) in [7, 11) is 2.05. The molecule has 1 aromatic carbocycles. The average Bonchev–Trinajstić information content (AvgIpc) is 2.83. The Morgan fingerprint density at radius 3 is 2.82 bits per heavy atom. The number of anilines is 3. The molecule has 2 aliphatic rings. The van der Waals surface area contributed by atoms with Crippen LogP contribution in [0.1, 0.15) is 30.5 Å². The second-order valence-electron chi connectivity index (χ2n) is 9.12. The number of likely N-dealkylation sites (tertiary alicyclic amines) is 1. The SMILES string of the molecule is Cc1c(-c2cc3cc(NC(=O)OC4CCN(C)CC4)ncc3c(N)c2F)cnc2c1NCCC2. The molecule has 0 atom stereocenters. The molecule has 2 aromatic heterocycles. The Morgan fingerprint density at radius 1 is 1.24 bits per heavy atom. The molecule has 2 aliphatic heterocycles. The van der Waals surface area contributed by atoms with Gasteiger partial charge in [-0.05, 0) is 62.7 Å². The van der Waals surface area contributed by atoms with Crippen molar-refractivity contribution in [3.05, 3.63) is 41.6 Å². The number of pyridine rings is 2. The minimum atomic E-state index is -0.544. The van der Waals surface area contributed by atoms with Crippen LogP contribution in [0.25, 0.3) is 21.9 Å². The summed E-state index contributed by atoms with van der Waals surface area (Å²) in [5, 5.41) is 7.24. The normalized spacial score (nSPS) is 16.7. The second-order valence-corrected chi connectivity index (χ2v) is 9.12. The third-order valence-electron chi connectivity index (χ3n) is 6.77. The number of benzene rings is 1. The van der Waals surface area contributed by atoms with Gasteiger partial charge in [0, 0.05) is 48.5 Å². The van der Waals surface area contributed by atoms with Crippen LogP contribution in [0, 0.1) is 12.7 Å². The van der Waals surface area contributed by atoms with Crippen LogP contribution in [-0.2, 0) is 11.2 Å². The number of hydrogen-bond donors (Lipinski definition) is 3. The van der Waals surface area contributed by atoms with Crippen molar-refractivity contribution in [2.75, 3.05) is 43.0 Å². The van der Waals surface area contributed by atoms with E-state index in [1.54, 1.807) is 18.3 Å². The van der Waals surface area contributed by atoms with Crippen molar-refractivity contribution >= 4 is 34.1 Å². The summed E-state index contributed by atoms with van der Waals surface area (Å²) >= 11 is 0. The van der Waals surface area contributed by atoms with Gasteiger partial charge >= 0.3 is 6.09 Å². The molecule has 0 aliphatic carbocycles. The molecule has 0 saturated carbocycles. The maximum Gasteiger partial charge on any atom is 0.413 e. The van der Waals surface area contributed by atoms with Crippen molar-refractivity contribution in [1.29, 1.82) is 0 Å². The van der Waals surface area contributed by atoms with Gasteiger partial charge in [-0.3, -0.25) is 10.3 Å². The summed E-state index contributed by atoms with van der Waals surface area (Å²) in [6, 6.07) is 3.42. The van der Waals surface area contributed by atoms with Gasteiger partial charge < -0.3 is 20.7 Å². The van der Waals surface area contributed by atoms with Gasteiger partial charge in [-0.25, -0.2) is 14.2 Å². The number of fused-ring (bicyclic) bond motifs is 2. The Hall–Kier alpha value is -3.46. The van der Waals surface area contributed by atoms with Crippen LogP contribution in [0.4, 0.5) is 26.4 Å². The molecule has 178 valence electrons. The van der Waals surface area contributed by atoms with Crippen molar-refractivity contribution in [2.24, 2.45) is 0 Å². The second kappa shape index (κ2) is 9.06. The van der Waals surface area contributed by atoms with E-state index in [1.807, 2.05) is 6.92 Å². The fraction of sp³-hybridized carbons (Fsp3) is 0.400. The van der Waals surface area contributed by atoms with Crippen LogP contribution in [-0.4, -0.2) is 53.7 Å². The highest BCUT2D eigenvalue weighted by molar-refractivity contribution is 5.99. The molecule has 4 N–H and O–H groups in total. The molecule has 1 fully saturated rings. The quantitative estimate of drug-likeness (QED) is 0.496. The molecule has 8 nitrogen and oxygen atoms in total. The van der Waals surface area contributed by atoms with Gasteiger partial charge in [-0.15, -0.1) is 0 Å². The molecule has 9 heteroatoms. The molecule has 4 heterocycles. The Labute approximate surface area is 197 Å². The van der Waals surface area contributed by atoms with Gasteiger partial charge in [0.05, 0.1) is 17.1 Å². The highest BCUT2D eigenvalue weighted by Crippen LogP contribution is 2.38. The zero-order valence-corrected chi connectivity index (χ0v) is 19.4. The van der Waals surface area contributed by atoms with Crippen molar-refractivity contribution in [3.8, 4) is 11.1 Å². The third kappa shape index (κ3) is 4.23. The van der Waals surface area contributed by atoms with Gasteiger partial charge in [0.1, 0.15) is 11.9 Å². The molecule has 0 unspecified atom stereocenters. The lowest BCUT2D eigenvalue weighted by atomic mass is 9.95. The number of nitrogen functional groups attached to an aromatic ring is 1. The third-order valence-corrected chi connectivity index (χ3v) is 6.77. The van der Waals surface area contributed by atoms with E-state index in [0.717, 1.165) is 62.3 Å². The molecule has 3 aromatic rings. The number of halogens is 1. The van der Waals surface area contributed by atoms with Crippen molar-refractivity contribution in [3.63, 3.8) is 0 Å². The number of carbonyl (C=O) groups excluding carboxylic acids is 1. The molecule has 1 amide bonds. The Morgan fingerprint density at radius 2 is 2.03 bits per heavy atom. The monoisotopic (exact) mass is 464 g/mol. The molecule has 0 spiro atoms. The van der Waals surface area contributed by atoms with Gasteiger partial charge in [-0.1, -0.05) is 0 Å². The van der Waals surface area contributed by atoms with Gasteiger partial charge in [-0.2, -0.15) is 0 Å². The first-order chi connectivity index (χ1) is 16.4. The molecule has 1 saturated heterocycles. The number of ether oxygens (including phenoxy) is 1. The number of nitrogens with zero attached hydrogens (tertiary/aromatic N) is 3. The molecular weight excluding hydrogens is 435 g/mol. The lowest BCUT2D eigenvalue weighted by molar-refractivity contribution is 0.0661. The first-order valence-electron chi connectivity index (χ1n) is 11.7. The van der Waals surface area contributed by atoms with E-state index < -0.39 is 11.9 Å². The first-order valence-corrected chi connectivity index (χ1v) is 11.7. The van der Waals surface area contributed by atoms with E-state index in [-0.39, 0.29) is 11.8 Å². The van der Waals surface area contributed by atoms with E-state index in [2.05, 4.69) is 32.5 Å². The average molecular weight is 465 g/mol. The molecular formula is C25H29FN6O2. The Kier molecular flexibility index (Phi) is 5.95. The fourth-order valence-corrected chi connectivity index (χ4v) is 4.77. The number of nitrogens with one attached hydrogen (secondary N) is 2. The number of rotatable bonds is 3. The maximum atomic E-state index is 15.3. The molecule has 5 rings (SSSR count). The summed E-state index contributed by atoms with van der Waals surface area (Å²) in [6.45, 7) is 4.63. The number of carbonyl (C=O) groups is 1. The molecule has 0 bridgehead atoms. The summed E-state index contributed by atoms with van der Waals surface area (Å²) in [6.07, 6.45) is 6.07. The van der Waals surface area contributed by atoms with Crippen LogP contribution in [0.2, 0.25) is 0 Å². The lowest BCUT2D eigenvalue weighted by Gasteiger charge is -2.28. The van der Waals surface area contributed by atoms with E-state index in [9.17, 15) is 4.79 Å². The number of amides is 1. The Bertz CT molecular complexity index is 1260. The van der Waals surface area contributed by atoms with Crippen molar-refractivity contribution in [1.82, 2.24) is 14.9 Å². The number of nitrogens with two attached hydrogens (primary N) is 1. The van der Waals surface area contributed by atoms with Gasteiger partial charge in [0.25, 0.3) is 0 Å².